The third-order valence-electron chi connectivity index (χ3n) is 4.65. The van der Waals surface area contributed by atoms with E-state index in [1.54, 1.807) is 0 Å². The van der Waals surface area contributed by atoms with Crippen molar-refractivity contribution in [2.24, 2.45) is 11.1 Å². The van der Waals surface area contributed by atoms with E-state index in [1.807, 2.05) is 11.9 Å². The van der Waals surface area contributed by atoms with E-state index in [1.165, 1.54) is 12.8 Å². The maximum atomic E-state index is 12.9. The lowest BCUT2D eigenvalue weighted by Gasteiger charge is -2.37. The van der Waals surface area contributed by atoms with Crippen LogP contribution in [0.3, 0.4) is 0 Å². The van der Waals surface area contributed by atoms with E-state index in [0.29, 0.717) is 11.0 Å². The third-order valence-corrected chi connectivity index (χ3v) is 5.04. The number of thiocarbonyl (C=S) groups is 1. The van der Waals surface area contributed by atoms with E-state index < -0.39 is 5.41 Å². The zero-order chi connectivity index (χ0) is 14.5. The summed E-state index contributed by atoms with van der Waals surface area (Å²) in [5.41, 5.74) is 5.40. The lowest BCUT2D eigenvalue weighted by atomic mass is 9.78. The molecule has 19 heavy (non-hydrogen) atoms. The van der Waals surface area contributed by atoms with Crippen LogP contribution in [0.25, 0.3) is 0 Å². The molecule has 0 aliphatic heterocycles. The Morgan fingerprint density at radius 1 is 1.21 bits per heavy atom. The van der Waals surface area contributed by atoms with Gasteiger partial charge in [-0.25, -0.2) is 0 Å². The van der Waals surface area contributed by atoms with Crippen LogP contribution in [0, 0.1) is 5.41 Å². The number of hydrogen-bond acceptors (Lipinski definition) is 2. The van der Waals surface area contributed by atoms with Gasteiger partial charge in [0.15, 0.2) is 0 Å². The minimum atomic E-state index is -0.580. The molecule has 1 saturated carbocycles. The Morgan fingerprint density at radius 3 is 2.05 bits per heavy atom. The molecule has 1 aliphatic rings. The maximum Gasteiger partial charge on any atom is 0.235 e. The van der Waals surface area contributed by atoms with Crippen LogP contribution < -0.4 is 5.73 Å². The Morgan fingerprint density at radius 2 is 1.68 bits per heavy atom. The Kier molecular flexibility index (Phi) is 6.24. The lowest BCUT2D eigenvalue weighted by molar-refractivity contribution is -0.140. The molecule has 0 bridgehead atoms. The van der Waals surface area contributed by atoms with E-state index in [0.717, 1.165) is 38.5 Å². The normalized spacial score (nSPS) is 18.9. The quantitative estimate of drug-likeness (QED) is 0.622. The number of nitrogens with two attached hydrogens (primary N) is 1. The second-order valence-corrected chi connectivity index (χ2v) is 6.19. The average molecular weight is 284 g/mol. The summed E-state index contributed by atoms with van der Waals surface area (Å²) in [7, 11) is 1.91. The molecule has 1 amide bonds. The van der Waals surface area contributed by atoms with Gasteiger partial charge in [-0.15, -0.1) is 0 Å². The minimum absolute atomic E-state index is 0.149. The highest BCUT2D eigenvalue weighted by Crippen LogP contribution is 2.37. The highest BCUT2D eigenvalue weighted by molar-refractivity contribution is 7.80. The van der Waals surface area contributed by atoms with Crippen LogP contribution in [-0.2, 0) is 4.79 Å². The van der Waals surface area contributed by atoms with Crippen molar-refractivity contribution in [1.29, 1.82) is 0 Å². The van der Waals surface area contributed by atoms with Gasteiger partial charge in [-0.1, -0.05) is 51.7 Å². The molecular weight excluding hydrogens is 256 g/mol. The van der Waals surface area contributed by atoms with Crippen molar-refractivity contribution in [3.05, 3.63) is 0 Å². The van der Waals surface area contributed by atoms with Crippen molar-refractivity contribution in [2.75, 3.05) is 7.05 Å². The number of carbonyl (C=O) groups excluding carboxylic acids is 1. The molecule has 1 aliphatic carbocycles. The molecule has 1 fully saturated rings. The first-order valence-corrected chi connectivity index (χ1v) is 7.97. The van der Waals surface area contributed by atoms with Gasteiger partial charge in [-0.3, -0.25) is 4.79 Å². The molecule has 0 spiro atoms. The van der Waals surface area contributed by atoms with Crippen LogP contribution in [-0.4, -0.2) is 28.9 Å². The summed E-state index contributed by atoms with van der Waals surface area (Å²) in [4.78, 5) is 15.2. The number of rotatable bonds is 5. The van der Waals surface area contributed by atoms with Gasteiger partial charge < -0.3 is 10.6 Å². The van der Waals surface area contributed by atoms with Crippen LogP contribution in [0.15, 0.2) is 0 Å². The predicted molar refractivity (Wildman–Crippen MR) is 84.1 cm³/mol. The van der Waals surface area contributed by atoms with Crippen molar-refractivity contribution in [2.45, 2.75) is 71.3 Å². The Bertz CT molecular complexity index is 318. The number of carbonyl (C=O) groups is 1. The van der Waals surface area contributed by atoms with Gasteiger partial charge >= 0.3 is 0 Å². The van der Waals surface area contributed by atoms with E-state index in [9.17, 15) is 4.79 Å². The van der Waals surface area contributed by atoms with Gasteiger partial charge in [0.05, 0.1) is 10.4 Å². The molecule has 0 heterocycles. The summed E-state index contributed by atoms with van der Waals surface area (Å²) in [6.45, 7) is 4.25. The second kappa shape index (κ2) is 7.22. The monoisotopic (exact) mass is 284 g/mol. The Balaban J connectivity index is 2.97. The zero-order valence-electron chi connectivity index (χ0n) is 12.6. The van der Waals surface area contributed by atoms with Gasteiger partial charge in [0, 0.05) is 13.1 Å². The molecule has 3 nitrogen and oxygen atoms in total. The average Bonchev–Trinajstić information content (AvgIpc) is 2.65. The second-order valence-electron chi connectivity index (χ2n) is 5.75. The first-order chi connectivity index (χ1) is 8.99. The van der Waals surface area contributed by atoms with E-state index >= 15 is 0 Å². The molecule has 0 saturated heterocycles. The Labute approximate surface area is 122 Å². The van der Waals surface area contributed by atoms with Gasteiger partial charge in [0.2, 0.25) is 5.91 Å². The molecule has 110 valence electrons. The maximum absolute atomic E-state index is 12.9. The molecule has 2 N–H and O–H groups in total. The topological polar surface area (TPSA) is 46.3 Å². The largest absolute Gasteiger partial charge is 0.392 e. The molecular formula is C15H28N2OS. The van der Waals surface area contributed by atoms with Crippen LogP contribution in [0.2, 0.25) is 0 Å². The fourth-order valence-electron chi connectivity index (χ4n) is 3.24. The predicted octanol–water partition coefficient (Wildman–Crippen LogP) is 3.26. The van der Waals surface area contributed by atoms with Crippen LogP contribution >= 0.6 is 12.2 Å². The fourth-order valence-corrected chi connectivity index (χ4v) is 3.53. The van der Waals surface area contributed by atoms with Gasteiger partial charge in [-0.2, -0.15) is 0 Å². The summed E-state index contributed by atoms with van der Waals surface area (Å²) in [5.74, 6) is 0.149. The van der Waals surface area contributed by atoms with Gasteiger partial charge in [0.25, 0.3) is 0 Å². The smallest absolute Gasteiger partial charge is 0.235 e. The standard InChI is InChI=1S/C15H28N2OS/c1-4-12(5-2)17(3)14(18)15(13(16)19)10-8-6-7-9-11-15/h12H,4-11H2,1-3H3,(H2,16,19). The third kappa shape index (κ3) is 3.47. The van der Waals surface area contributed by atoms with Gasteiger partial charge in [-0.05, 0) is 25.7 Å². The molecule has 0 atom stereocenters. The van der Waals surface area contributed by atoms with Crippen LogP contribution in [0.5, 0.6) is 0 Å². The summed E-state index contributed by atoms with van der Waals surface area (Å²) in [6, 6.07) is 0.293. The summed E-state index contributed by atoms with van der Waals surface area (Å²) in [6.07, 6.45) is 8.09. The highest BCUT2D eigenvalue weighted by atomic mass is 32.1. The zero-order valence-corrected chi connectivity index (χ0v) is 13.4. The first-order valence-electron chi connectivity index (χ1n) is 7.56. The molecule has 4 heteroatoms. The van der Waals surface area contributed by atoms with Crippen molar-refractivity contribution >= 4 is 23.1 Å². The number of hydrogen-bond donors (Lipinski definition) is 1. The SMILES string of the molecule is CCC(CC)N(C)C(=O)C1(C(N)=S)CCCCCC1. The molecule has 1 rings (SSSR count). The fraction of sp³-hybridized carbons (Fsp3) is 0.867. The van der Waals surface area contributed by atoms with Crippen LogP contribution in [0.4, 0.5) is 0 Å². The number of amides is 1. The summed E-state index contributed by atoms with van der Waals surface area (Å²) < 4.78 is 0. The minimum Gasteiger partial charge on any atom is -0.392 e. The highest BCUT2D eigenvalue weighted by Gasteiger charge is 2.43. The summed E-state index contributed by atoms with van der Waals surface area (Å²) >= 11 is 5.27. The van der Waals surface area contributed by atoms with E-state index in [4.69, 9.17) is 18.0 Å². The molecule has 0 aromatic rings. The van der Waals surface area contributed by atoms with Crippen molar-refractivity contribution in [1.82, 2.24) is 4.90 Å². The van der Waals surface area contributed by atoms with Crippen molar-refractivity contribution in [3.63, 3.8) is 0 Å². The molecule has 0 aromatic carbocycles. The van der Waals surface area contributed by atoms with E-state index in [2.05, 4.69) is 13.8 Å². The van der Waals surface area contributed by atoms with Crippen LogP contribution in [0.1, 0.15) is 65.2 Å². The molecule has 0 radical (unpaired) electrons. The first kappa shape index (κ1) is 16.4. The van der Waals surface area contributed by atoms with Crippen molar-refractivity contribution < 1.29 is 4.79 Å². The lowest BCUT2D eigenvalue weighted by Crippen LogP contribution is -2.52. The van der Waals surface area contributed by atoms with Gasteiger partial charge in [0.1, 0.15) is 0 Å². The van der Waals surface area contributed by atoms with Crippen molar-refractivity contribution in [3.8, 4) is 0 Å². The molecule has 0 unspecified atom stereocenters. The Hall–Kier alpha value is -0.640. The summed E-state index contributed by atoms with van der Waals surface area (Å²) in [5, 5.41) is 0. The number of nitrogens with zero attached hydrogens (tertiary/aromatic N) is 1. The van der Waals surface area contributed by atoms with E-state index in [-0.39, 0.29) is 5.91 Å². The molecule has 0 aromatic heterocycles.